The number of urea groups is 1. The predicted octanol–water partition coefficient (Wildman–Crippen LogP) is 3.44. The first-order valence-electron chi connectivity index (χ1n) is 5.92. The Hall–Kier alpha value is -2.02. The zero-order chi connectivity index (χ0) is 14.4. The number of hydrogen-bond acceptors (Lipinski definition) is 3. The van der Waals surface area contributed by atoms with Crippen LogP contribution in [-0.4, -0.2) is 28.9 Å². The van der Waals surface area contributed by atoms with Gasteiger partial charge in [-0.1, -0.05) is 30.3 Å². The number of aromatic nitrogens is 1. The maximum absolute atomic E-state index is 12.6. The van der Waals surface area contributed by atoms with E-state index < -0.39 is 19.0 Å². The fraction of sp³-hybridized carbons (Fsp3) is 0.231. The lowest BCUT2D eigenvalue weighted by molar-refractivity contribution is 0.0997. The van der Waals surface area contributed by atoms with Crippen molar-refractivity contribution in [1.82, 2.24) is 9.88 Å². The fourth-order valence-corrected chi connectivity index (χ4v) is 2.16. The second kappa shape index (κ2) is 6.95. The van der Waals surface area contributed by atoms with Crippen molar-refractivity contribution in [1.29, 1.82) is 0 Å². The van der Waals surface area contributed by atoms with Gasteiger partial charge >= 0.3 is 6.03 Å². The predicted molar refractivity (Wildman–Crippen MR) is 74.0 cm³/mol. The standard InChI is InChI=1S/C13H13F2N3OS/c14-11(15)9-18(8-10-4-2-1-3-5-10)13(19)17-12-16-6-7-20-12/h1-7,11H,8-9H2,(H,16,17,19). The minimum absolute atomic E-state index is 0.127. The summed E-state index contributed by atoms with van der Waals surface area (Å²) >= 11 is 1.24. The smallest absolute Gasteiger partial charge is 0.314 e. The number of benzene rings is 1. The van der Waals surface area contributed by atoms with Gasteiger partial charge in [0.2, 0.25) is 0 Å². The quantitative estimate of drug-likeness (QED) is 0.919. The van der Waals surface area contributed by atoms with Crippen LogP contribution in [0.2, 0.25) is 0 Å². The third-order valence-electron chi connectivity index (χ3n) is 2.51. The van der Waals surface area contributed by atoms with Crippen molar-refractivity contribution in [2.75, 3.05) is 11.9 Å². The van der Waals surface area contributed by atoms with E-state index in [1.54, 1.807) is 29.6 Å². The Labute approximate surface area is 119 Å². The summed E-state index contributed by atoms with van der Waals surface area (Å²) in [5.74, 6) is 0. The minimum atomic E-state index is -2.58. The summed E-state index contributed by atoms with van der Waals surface area (Å²) in [4.78, 5) is 17.0. The molecule has 1 heterocycles. The van der Waals surface area contributed by atoms with Gasteiger partial charge in [-0.3, -0.25) is 5.32 Å². The molecule has 0 aliphatic carbocycles. The molecular formula is C13H13F2N3OS. The molecule has 1 aromatic carbocycles. The maximum atomic E-state index is 12.6. The van der Waals surface area contributed by atoms with Gasteiger partial charge in [-0.05, 0) is 5.56 Å². The molecule has 0 saturated carbocycles. The lowest BCUT2D eigenvalue weighted by Crippen LogP contribution is -2.37. The molecule has 0 aliphatic heterocycles. The van der Waals surface area contributed by atoms with E-state index in [1.165, 1.54) is 17.5 Å². The average Bonchev–Trinajstić information content (AvgIpc) is 2.91. The van der Waals surface area contributed by atoms with Crippen molar-refractivity contribution in [3.63, 3.8) is 0 Å². The number of nitrogens with one attached hydrogen (secondary N) is 1. The molecule has 106 valence electrons. The van der Waals surface area contributed by atoms with Crippen LogP contribution in [0.5, 0.6) is 0 Å². The Kier molecular flexibility index (Phi) is 5.00. The molecule has 0 saturated heterocycles. The fourth-order valence-electron chi connectivity index (χ4n) is 1.65. The van der Waals surface area contributed by atoms with Gasteiger partial charge in [-0.15, -0.1) is 11.3 Å². The molecule has 7 heteroatoms. The van der Waals surface area contributed by atoms with Gasteiger partial charge in [0.05, 0.1) is 6.54 Å². The molecule has 4 nitrogen and oxygen atoms in total. The number of hydrogen-bond donors (Lipinski definition) is 1. The van der Waals surface area contributed by atoms with E-state index in [1.807, 2.05) is 6.07 Å². The Morgan fingerprint density at radius 2 is 2.10 bits per heavy atom. The SMILES string of the molecule is O=C(Nc1nccs1)N(Cc1ccccc1)CC(F)F. The first-order chi connectivity index (χ1) is 9.65. The highest BCUT2D eigenvalue weighted by Crippen LogP contribution is 2.13. The van der Waals surface area contributed by atoms with Crippen LogP contribution in [0.4, 0.5) is 18.7 Å². The van der Waals surface area contributed by atoms with Crippen molar-refractivity contribution in [2.45, 2.75) is 13.0 Å². The van der Waals surface area contributed by atoms with E-state index in [-0.39, 0.29) is 6.54 Å². The van der Waals surface area contributed by atoms with Crippen molar-refractivity contribution in [3.8, 4) is 0 Å². The molecule has 0 aliphatic rings. The molecule has 0 bridgehead atoms. The Bertz CT molecular complexity index is 534. The van der Waals surface area contributed by atoms with Crippen LogP contribution in [0.25, 0.3) is 0 Å². The Morgan fingerprint density at radius 3 is 2.70 bits per heavy atom. The lowest BCUT2D eigenvalue weighted by Gasteiger charge is -2.22. The average molecular weight is 297 g/mol. The Morgan fingerprint density at radius 1 is 1.35 bits per heavy atom. The van der Waals surface area contributed by atoms with Crippen LogP contribution in [0.3, 0.4) is 0 Å². The highest BCUT2D eigenvalue weighted by Gasteiger charge is 2.19. The summed E-state index contributed by atoms with van der Waals surface area (Å²) in [6.07, 6.45) is -1.05. The zero-order valence-corrected chi connectivity index (χ0v) is 11.3. The molecule has 0 radical (unpaired) electrons. The Balaban J connectivity index is 2.04. The third kappa shape index (κ3) is 4.27. The van der Waals surface area contributed by atoms with Crippen molar-refractivity contribution >= 4 is 22.5 Å². The first kappa shape index (κ1) is 14.4. The number of carbonyl (C=O) groups is 1. The summed E-state index contributed by atoms with van der Waals surface area (Å²) in [7, 11) is 0. The van der Waals surface area contributed by atoms with Crippen molar-refractivity contribution in [2.24, 2.45) is 0 Å². The second-order valence-electron chi connectivity index (χ2n) is 4.02. The highest BCUT2D eigenvalue weighted by atomic mass is 32.1. The molecule has 0 spiro atoms. The number of rotatable bonds is 5. The largest absolute Gasteiger partial charge is 0.324 e. The number of amides is 2. The third-order valence-corrected chi connectivity index (χ3v) is 3.20. The van der Waals surface area contributed by atoms with Gasteiger partial charge in [0.25, 0.3) is 6.43 Å². The number of carbonyl (C=O) groups excluding carboxylic acids is 1. The molecule has 1 aromatic heterocycles. The maximum Gasteiger partial charge on any atom is 0.324 e. The number of anilines is 1. The van der Waals surface area contributed by atoms with Gasteiger partial charge < -0.3 is 4.90 Å². The van der Waals surface area contributed by atoms with Crippen LogP contribution in [-0.2, 0) is 6.54 Å². The molecule has 1 N–H and O–H groups in total. The molecule has 0 atom stereocenters. The van der Waals surface area contributed by atoms with Crippen LogP contribution < -0.4 is 5.32 Å². The van der Waals surface area contributed by atoms with Crippen molar-refractivity contribution < 1.29 is 13.6 Å². The van der Waals surface area contributed by atoms with E-state index in [4.69, 9.17) is 0 Å². The summed E-state index contributed by atoms with van der Waals surface area (Å²) in [5.41, 5.74) is 0.794. The summed E-state index contributed by atoms with van der Waals surface area (Å²) in [6.45, 7) is -0.492. The summed E-state index contributed by atoms with van der Waals surface area (Å²) < 4.78 is 25.2. The second-order valence-corrected chi connectivity index (χ2v) is 4.92. The molecule has 0 unspecified atom stereocenters. The molecule has 2 rings (SSSR count). The molecule has 0 fully saturated rings. The molecule has 20 heavy (non-hydrogen) atoms. The van der Waals surface area contributed by atoms with E-state index in [0.717, 1.165) is 10.5 Å². The van der Waals surface area contributed by atoms with Gasteiger partial charge in [-0.25, -0.2) is 18.6 Å². The van der Waals surface area contributed by atoms with Crippen LogP contribution in [0.15, 0.2) is 41.9 Å². The topological polar surface area (TPSA) is 45.2 Å². The summed E-state index contributed by atoms with van der Waals surface area (Å²) in [6, 6.07) is 8.42. The summed E-state index contributed by atoms with van der Waals surface area (Å²) in [5, 5.41) is 4.60. The van der Waals surface area contributed by atoms with Gasteiger partial charge in [0, 0.05) is 18.1 Å². The normalized spacial score (nSPS) is 10.6. The monoisotopic (exact) mass is 297 g/mol. The highest BCUT2D eigenvalue weighted by molar-refractivity contribution is 7.13. The number of thiazole rings is 1. The van der Waals surface area contributed by atoms with E-state index >= 15 is 0 Å². The number of halogens is 2. The van der Waals surface area contributed by atoms with Crippen molar-refractivity contribution in [3.05, 3.63) is 47.5 Å². The first-order valence-corrected chi connectivity index (χ1v) is 6.80. The number of nitrogens with zero attached hydrogens (tertiary/aromatic N) is 2. The van der Waals surface area contributed by atoms with Crippen LogP contribution in [0.1, 0.15) is 5.56 Å². The molecule has 2 amide bonds. The van der Waals surface area contributed by atoms with Crippen LogP contribution >= 0.6 is 11.3 Å². The zero-order valence-electron chi connectivity index (χ0n) is 10.5. The van der Waals surface area contributed by atoms with E-state index in [9.17, 15) is 13.6 Å². The van der Waals surface area contributed by atoms with Gasteiger partial charge in [0.1, 0.15) is 0 Å². The molecular weight excluding hydrogens is 284 g/mol. The van der Waals surface area contributed by atoms with Gasteiger partial charge in [-0.2, -0.15) is 0 Å². The molecule has 2 aromatic rings. The van der Waals surface area contributed by atoms with Gasteiger partial charge in [0.15, 0.2) is 5.13 Å². The minimum Gasteiger partial charge on any atom is -0.314 e. The van der Waals surface area contributed by atoms with E-state index in [2.05, 4.69) is 10.3 Å². The lowest BCUT2D eigenvalue weighted by atomic mass is 10.2. The van der Waals surface area contributed by atoms with Crippen LogP contribution in [0, 0.1) is 0 Å². The number of alkyl halides is 2. The van der Waals surface area contributed by atoms with E-state index in [0.29, 0.717) is 5.13 Å².